The third-order valence-electron chi connectivity index (χ3n) is 4.00. The maximum atomic E-state index is 12.4. The fraction of sp³-hybridized carbons (Fsp3) is 0.0476. The number of hydrogen-bond donors (Lipinski definition) is 5. The topological polar surface area (TPSA) is 147 Å². The molecule has 2 aromatic carbocycles. The van der Waals surface area contributed by atoms with Gasteiger partial charge in [-0.15, -0.1) is 0 Å². The second kappa shape index (κ2) is 9.80. The molecule has 1 amide bonds. The van der Waals surface area contributed by atoms with Crippen LogP contribution in [-0.2, 0) is 0 Å². The maximum Gasteiger partial charge on any atom is 0.255 e. The van der Waals surface area contributed by atoms with Crippen molar-refractivity contribution in [3.8, 4) is 0 Å². The Kier molecular flexibility index (Phi) is 6.70. The van der Waals surface area contributed by atoms with Crippen LogP contribution in [0.2, 0.25) is 0 Å². The zero-order valence-corrected chi connectivity index (χ0v) is 16.3. The Morgan fingerprint density at radius 2 is 1.77 bits per heavy atom. The summed E-state index contributed by atoms with van der Waals surface area (Å²) in [6.45, 7) is 0. The van der Waals surface area contributed by atoms with Gasteiger partial charge in [-0.2, -0.15) is 10.1 Å². The summed E-state index contributed by atoms with van der Waals surface area (Å²) in [5.41, 5.74) is 13.2. The van der Waals surface area contributed by atoms with Crippen LogP contribution in [0, 0.1) is 0 Å². The molecule has 0 aliphatic heterocycles. The molecule has 7 N–H and O–H groups in total. The summed E-state index contributed by atoms with van der Waals surface area (Å²) in [6, 6.07) is 17.9. The smallest absolute Gasteiger partial charge is 0.255 e. The molecule has 0 atom stereocenters. The van der Waals surface area contributed by atoms with Gasteiger partial charge in [-0.1, -0.05) is 6.07 Å². The van der Waals surface area contributed by atoms with Gasteiger partial charge in [0.1, 0.15) is 0 Å². The molecule has 0 saturated heterocycles. The SMILES string of the molecule is CN.N/C(=N/c1ccccn1)Nc1ccc(C(=O)Nc2ccc3cn[nH]c3c2)cc1. The van der Waals surface area contributed by atoms with E-state index in [1.165, 1.54) is 7.05 Å². The number of nitrogens with zero attached hydrogens (tertiary/aromatic N) is 3. The van der Waals surface area contributed by atoms with Gasteiger partial charge in [-0.3, -0.25) is 9.89 Å². The first kappa shape index (κ1) is 20.5. The van der Waals surface area contributed by atoms with Crippen LogP contribution in [0.3, 0.4) is 0 Å². The number of benzene rings is 2. The van der Waals surface area contributed by atoms with E-state index in [2.05, 4.69) is 36.5 Å². The van der Waals surface area contributed by atoms with E-state index in [0.717, 1.165) is 10.9 Å². The molecule has 2 heterocycles. The number of carbonyl (C=O) groups excluding carboxylic acids is 1. The van der Waals surface area contributed by atoms with Crippen LogP contribution in [-0.4, -0.2) is 34.1 Å². The number of aromatic nitrogens is 3. The number of H-pyrrole nitrogens is 1. The zero-order chi connectivity index (χ0) is 21.3. The molecule has 2 aromatic heterocycles. The summed E-state index contributed by atoms with van der Waals surface area (Å²) in [5, 5.41) is 13.7. The van der Waals surface area contributed by atoms with Crippen molar-refractivity contribution < 1.29 is 4.79 Å². The van der Waals surface area contributed by atoms with E-state index in [1.54, 1.807) is 48.8 Å². The standard InChI is InChI=1S/C20H17N7O.CH5N/c21-20(26-18-3-1-2-10-22-18)25-15-7-4-13(5-8-15)19(28)24-16-9-6-14-12-23-27-17(14)11-16;1-2/h1-12H,(H,23,27)(H,24,28)(H3,21,22,25,26);2H2,1H3. The zero-order valence-electron chi connectivity index (χ0n) is 16.3. The minimum absolute atomic E-state index is 0.208. The lowest BCUT2D eigenvalue weighted by atomic mass is 10.2. The van der Waals surface area contributed by atoms with E-state index in [-0.39, 0.29) is 11.9 Å². The number of fused-ring (bicyclic) bond motifs is 1. The Hall–Kier alpha value is -4.24. The van der Waals surface area contributed by atoms with Gasteiger partial charge in [0.05, 0.1) is 11.7 Å². The Morgan fingerprint density at radius 1 is 1.00 bits per heavy atom. The van der Waals surface area contributed by atoms with Crippen molar-refractivity contribution in [1.82, 2.24) is 15.2 Å². The molecule has 0 fully saturated rings. The van der Waals surface area contributed by atoms with Crippen molar-refractivity contribution in [3.63, 3.8) is 0 Å². The number of aliphatic imine (C=N–C) groups is 1. The predicted molar refractivity (Wildman–Crippen MR) is 120 cm³/mol. The van der Waals surface area contributed by atoms with Gasteiger partial charge in [0.15, 0.2) is 11.8 Å². The predicted octanol–water partition coefficient (Wildman–Crippen LogP) is 2.84. The summed E-state index contributed by atoms with van der Waals surface area (Å²) >= 11 is 0. The van der Waals surface area contributed by atoms with E-state index in [9.17, 15) is 4.79 Å². The van der Waals surface area contributed by atoms with Crippen LogP contribution in [0.5, 0.6) is 0 Å². The van der Waals surface area contributed by atoms with Crippen LogP contribution in [0.1, 0.15) is 10.4 Å². The molecule has 4 aromatic rings. The second-order valence-corrected chi connectivity index (χ2v) is 6.01. The van der Waals surface area contributed by atoms with Crippen LogP contribution < -0.4 is 22.1 Å². The summed E-state index contributed by atoms with van der Waals surface area (Å²) in [7, 11) is 1.50. The Balaban J connectivity index is 0.00000124. The Morgan fingerprint density at radius 3 is 2.50 bits per heavy atom. The molecule has 4 rings (SSSR count). The molecule has 152 valence electrons. The molecule has 9 heteroatoms. The van der Waals surface area contributed by atoms with Crippen LogP contribution in [0.25, 0.3) is 10.9 Å². The lowest BCUT2D eigenvalue weighted by Crippen LogP contribution is -2.22. The molecule has 0 aliphatic rings. The van der Waals surface area contributed by atoms with Gasteiger partial charge in [0.2, 0.25) is 0 Å². The number of rotatable bonds is 4. The average molecular weight is 402 g/mol. The largest absolute Gasteiger partial charge is 0.369 e. The lowest BCUT2D eigenvalue weighted by molar-refractivity contribution is 0.102. The highest BCUT2D eigenvalue weighted by atomic mass is 16.1. The maximum absolute atomic E-state index is 12.4. The fourth-order valence-corrected chi connectivity index (χ4v) is 2.64. The number of amides is 1. The first-order valence-electron chi connectivity index (χ1n) is 9.12. The van der Waals surface area contributed by atoms with Gasteiger partial charge < -0.3 is 22.1 Å². The van der Waals surface area contributed by atoms with E-state index >= 15 is 0 Å². The summed E-state index contributed by atoms with van der Waals surface area (Å²) in [4.78, 5) is 20.7. The average Bonchev–Trinajstić information content (AvgIpc) is 3.24. The number of guanidine groups is 1. The molecule has 0 bridgehead atoms. The number of nitrogens with two attached hydrogens (primary N) is 2. The lowest BCUT2D eigenvalue weighted by Gasteiger charge is -2.08. The number of hydrogen-bond acceptors (Lipinski definition) is 5. The summed E-state index contributed by atoms with van der Waals surface area (Å²) < 4.78 is 0. The van der Waals surface area contributed by atoms with Crippen LogP contribution >= 0.6 is 0 Å². The van der Waals surface area contributed by atoms with Gasteiger partial charge >= 0.3 is 0 Å². The van der Waals surface area contributed by atoms with Crippen molar-refractivity contribution >= 4 is 40.0 Å². The van der Waals surface area contributed by atoms with Crippen molar-refractivity contribution in [1.29, 1.82) is 0 Å². The van der Waals surface area contributed by atoms with E-state index in [1.807, 2.05) is 24.3 Å². The number of carbonyl (C=O) groups is 1. The quantitative estimate of drug-likeness (QED) is 0.262. The minimum atomic E-state index is -0.208. The van der Waals surface area contributed by atoms with Crippen molar-refractivity contribution in [2.45, 2.75) is 0 Å². The highest BCUT2D eigenvalue weighted by Crippen LogP contribution is 2.18. The number of aromatic amines is 1. The molecule has 9 nitrogen and oxygen atoms in total. The second-order valence-electron chi connectivity index (χ2n) is 6.01. The highest BCUT2D eigenvalue weighted by molar-refractivity contribution is 6.05. The summed E-state index contributed by atoms with van der Waals surface area (Å²) in [6.07, 6.45) is 3.37. The molecular formula is C21H22N8O. The van der Waals surface area contributed by atoms with E-state index in [4.69, 9.17) is 5.73 Å². The molecule has 0 radical (unpaired) electrons. The number of anilines is 2. The van der Waals surface area contributed by atoms with Gasteiger partial charge in [0, 0.05) is 28.5 Å². The van der Waals surface area contributed by atoms with Crippen molar-refractivity contribution in [2.24, 2.45) is 16.5 Å². The Bertz CT molecular complexity index is 1140. The van der Waals surface area contributed by atoms with Crippen LogP contribution in [0.4, 0.5) is 17.2 Å². The fourth-order valence-electron chi connectivity index (χ4n) is 2.64. The van der Waals surface area contributed by atoms with Crippen LogP contribution in [0.15, 0.2) is 78.0 Å². The highest BCUT2D eigenvalue weighted by Gasteiger charge is 2.07. The number of nitrogens with one attached hydrogen (secondary N) is 3. The van der Waals surface area contributed by atoms with Crippen molar-refractivity contribution in [2.75, 3.05) is 17.7 Å². The first-order valence-corrected chi connectivity index (χ1v) is 9.12. The van der Waals surface area contributed by atoms with E-state index < -0.39 is 0 Å². The van der Waals surface area contributed by atoms with Gasteiger partial charge in [-0.25, -0.2) is 4.98 Å². The molecule has 30 heavy (non-hydrogen) atoms. The first-order chi connectivity index (χ1) is 14.7. The van der Waals surface area contributed by atoms with E-state index in [0.29, 0.717) is 22.8 Å². The monoisotopic (exact) mass is 402 g/mol. The normalized spacial score (nSPS) is 10.8. The molecule has 0 spiro atoms. The third-order valence-corrected chi connectivity index (χ3v) is 4.00. The van der Waals surface area contributed by atoms with Crippen molar-refractivity contribution in [3.05, 3.63) is 78.6 Å². The Labute approximate surface area is 173 Å². The molecule has 0 aliphatic carbocycles. The molecule has 0 saturated carbocycles. The third kappa shape index (κ3) is 5.18. The number of pyridine rings is 1. The van der Waals surface area contributed by atoms with Gasteiger partial charge in [-0.05, 0) is 61.6 Å². The van der Waals surface area contributed by atoms with Gasteiger partial charge in [0.25, 0.3) is 5.91 Å². The minimum Gasteiger partial charge on any atom is -0.369 e. The molecular weight excluding hydrogens is 380 g/mol. The molecule has 0 unspecified atom stereocenters. The summed E-state index contributed by atoms with van der Waals surface area (Å²) in [5.74, 6) is 0.516.